The highest BCUT2D eigenvalue weighted by Gasteiger charge is 2.04. The van der Waals surface area contributed by atoms with Gasteiger partial charge in [-0.3, -0.25) is 5.01 Å². The largest absolute Gasteiger partial charge is 0.270 e. The van der Waals surface area contributed by atoms with Gasteiger partial charge in [-0.25, -0.2) is 0 Å². The summed E-state index contributed by atoms with van der Waals surface area (Å²) in [6.45, 7) is 15.4. The van der Waals surface area contributed by atoms with E-state index < -0.39 is 0 Å². The van der Waals surface area contributed by atoms with Gasteiger partial charge in [0.25, 0.3) is 0 Å². The van der Waals surface area contributed by atoms with Crippen LogP contribution >= 0.6 is 0 Å². The molecule has 0 aliphatic carbocycles. The summed E-state index contributed by atoms with van der Waals surface area (Å²) in [7, 11) is 0. The molecule has 0 aliphatic rings. The lowest BCUT2D eigenvalue weighted by Gasteiger charge is -2.19. The Bertz CT molecular complexity index is 618. The lowest BCUT2D eigenvalue weighted by Crippen LogP contribution is -2.17. The zero-order valence-electron chi connectivity index (χ0n) is 16.7. The maximum absolute atomic E-state index is 4.72. The number of benzene rings is 1. The van der Waals surface area contributed by atoms with E-state index in [2.05, 4.69) is 76.8 Å². The molecule has 136 valence electrons. The molecule has 0 fully saturated rings. The molecule has 25 heavy (non-hydrogen) atoms. The van der Waals surface area contributed by atoms with E-state index in [9.17, 15) is 0 Å². The zero-order chi connectivity index (χ0) is 18.7. The molecule has 0 bridgehead atoms. The van der Waals surface area contributed by atoms with Gasteiger partial charge in [-0.05, 0) is 57.6 Å². The summed E-state index contributed by atoms with van der Waals surface area (Å²) in [5.41, 5.74) is 5.97. The fraction of sp³-hybridized carbons (Fsp3) is 0.435. The van der Waals surface area contributed by atoms with Crippen LogP contribution in [0.5, 0.6) is 0 Å². The third-order valence-electron chi connectivity index (χ3n) is 4.07. The van der Waals surface area contributed by atoms with Gasteiger partial charge in [-0.2, -0.15) is 5.10 Å². The number of hydrogen-bond acceptors (Lipinski definition) is 2. The number of hydrogen-bond donors (Lipinski definition) is 0. The normalized spacial score (nSPS) is 12.7. The minimum atomic E-state index is 0.905. The Hall–Kier alpha value is -2.09. The van der Waals surface area contributed by atoms with Crippen LogP contribution in [0.25, 0.3) is 0 Å². The molecule has 0 saturated carbocycles. The molecule has 1 aromatic carbocycles. The van der Waals surface area contributed by atoms with Gasteiger partial charge in [-0.1, -0.05) is 68.5 Å². The summed E-state index contributed by atoms with van der Waals surface area (Å²) >= 11 is 0. The topological polar surface area (TPSA) is 15.6 Å². The van der Waals surface area contributed by atoms with Crippen LogP contribution in [0.1, 0.15) is 65.0 Å². The highest BCUT2D eigenvalue weighted by molar-refractivity contribution is 5.98. The first-order chi connectivity index (χ1) is 12.0. The fourth-order valence-corrected chi connectivity index (χ4v) is 2.71. The lowest BCUT2D eigenvalue weighted by atomic mass is 10.0. The molecule has 1 aromatic rings. The molecule has 0 aromatic heterocycles. The molecule has 1 rings (SSSR count). The van der Waals surface area contributed by atoms with Crippen molar-refractivity contribution >= 4 is 5.71 Å². The van der Waals surface area contributed by atoms with E-state index in [0.29, 0.717) is 0 Å². The van der Waals surface area contributed by atoms with Crippen LogP contribution in [0.3, 0.4) is 0 Å². The van der Waals surface area contributed by atoms with Crippen LogP contribution in [-0.4, -0.2) is 17.3 Å². The third-order valence-corrected chi connectivity index (χ3v) is 4.07. The molecular formula is C23H34N2. The molecule has 0 aliphatic heterocycles. The van der Waals surface area contributed by atoms with Gasteiger partial charge in [0.15, 0.2) is 0 Å². The maximum atomic E-state index is 4.72. The van der Waals surface area contributed by atoms with E-state index in [4.69, 9.17) is 5.10 Å². The summed E-state index contributed by atoms with van der Waals surface area (Å²) < 4.78 is 0. The van der Waals surface area contributed by atoms with Gasteiger partial charge in [0.2, 0.25) is 0 Å². The Labute approximate surface area is 154 Å². The van der Waals surface area contributed by atoms with Crippen LogP contribution in [0, 0.1) is 0 Å². The van der Waals surface area contributed by atoms with Gasteiger partial charge in [-0.15, -0.1) is 0 Å². The summed E-state index contributed by atoms with van der Waals surface area (Å²) in [5, 5.41) is 6.71. The van der Waals surface area contributed by atoms with Crippen molar-refractivity contribution in [3.8, 4) is 0 Å². The van der Waals surface area contributed by atoms with Crippen LogP contribution in [0.2, 0.25) is 0 Å². The molecule has 0 amide bonds. The first-order valence-corrected chi connectivity index (χ1v) is 9.41. The maximum Gasteiger partial charge on any atom is 0.0650 e. The van der Waals surface area contributed by atoms with Crippen LogP contribution in [0.4, 0.5) is 0 Å². The predicted molar refractivity (Wildman–Crippen MR) is 112 cm³/mol. The standard InChI is InChI=1S/C23H34N2/c1-7-10-21(11-8-2)12-13-22-14-16-23(17-15-22)20(6)24-25(18-9-3)19(4)5/h7,10-11,14-17H,4,8-9,12-13,18H2,1-3,5-6H3/b10-7-,21-11+,24-20+. The lowest BCUT2D eigenvalue weighted by molar-refractivity contribution is 0.366. The number of hydrazone groups is 1. The third kappa shape index (κ3) is 7.55. The second kappa shape index (κ2) is 11.5. The van der Waals surface area contributed by atoms with E-state index in [1.54, 1.807) is 0 Å². The summed E-state index contributed by atoms with van der Waals surface area (Å²) in [4.78, 5) is 0. The molecule has 2 nitrogen and oxygen atoms in total. The van der Waals surface area contributed by atoms with E-state index in [1.807, 2.05) is 11.9 Å². The Morgan fingerprint density at radius 2 is 1.84 bits per heavy atom. The van der Waals surface area contributed by atoms with Crippen molar-refractivity contribution in [2.45, 2.75) is 60.3 Å². The second-order valence-corrected chi connectivity index (χ2v) is 6.43. The molecule has 2 heteroatoms. The number of rotatable bonds is 10. The fourth-order valence-electron chi connectivity index (χ4n) is 2.71. The average Bonchev–Trinajstić information content (AvgIpc) is 2.60. The molecule has 0 N–H and O–H groups in total. The smallest absolute Gasteiger partial charge is 0.0650 e. The molecule has 0 saturated heterocycles. The Balaban J connectivity index is 2.78. The Morgan fingerprint density at radius 1 is 1.16 bits per heavy atom. The first kappa shape index (κ1) is 21.0. The SMILES string of the molecule is C=C(C)N(CCC)/N=C(\C)c1ccc(CCC(/C=C\C)=C/CC)cc1. The summed E-state index contributed by atoms with van der Waals surface area (Å²) in [6, 6.07) is 8.79. The predicted octanol–water partition coefficient (Wildman–Crippen LogP) is 6.50. The van der Waals surface area contributed by atoms with Crippen molar-refractivity contribution in [2.75, 3.05) is 6.54 Å². The van der Waals surface area contributed by atoms with Crippen LogP contribution in [-0.2, 0) is 6.42 Å². The summed E-state index contributed by atoms with van der Waals surface area (Å²) in [6.07, 6.45) is 11.0. The van der Waals surface area contributed by atoms with Crippen LogP contribution in [0.15, 0.2) is 65.4 Å². The van der Waals surface area contributed by atoms with E-state index >= 15 is 0 Å². The van der Waals surface area contributed by atoms with Gasteiger partial charge in [0.05, 0.1) is 5.71 Å². The van der Waals surface area contributed by atoms with Crippen molar-refractivity contribution in [3.63, 3.8) is 0 Å². The van der Waals surface area contributed by atoms with Crippen LogP contribution < -0.4 is 0 Å². The Morgan fingerprint density at radius 3 is 2.36 bits per heavy atom. The average molecular weight is 339 g/mol. The Kier molecular flexibility index (Phi) is 9.61. The number of aryl methyl sites for hydroxylation is 1. The van der Waals surface area contributed by atoms with Crippen molar-refractivity contribution in [3.05, 3.63) is 71.5 Å². The minimum absolute atomic E-state index is 0.905. The molecule has 0 spiro atoms. The second-order valence-electron chi connectivity index (χ2n) is 6.43. The first-order valence-electron chi connectivity index (χ1n) is 9.41. The number of allylic oxidation sites excluding steroid dienone is 5. The van der Waals surface area contributed by atoms with Gasteiger partial charge < -0.3 is 0 Å². The quantitative estimate of drug-likeness (QED) is 0.270. The van der Waals surface area contributed by atoms with Crippen molar-refractivity contribution in [1.29, 1.82) is 0 Å². The molecule has 0 atom stereocenters. The van der Waals surface area contributed by atoms with E-state index in [1.165, 1.54) is 16.7 Å². The molecule has 0 radical (unpaired) electrons. The minimum Gasteiger partial charge on any atom is -0.270 e. The molecular weight excluding hydrogens is 304 g/mol. The van der Waals surface area contributed by atoms with E-state index in [-0.39, 0.29) is 0 Å². The highest BCUT2D eigenvalue weighted by Crippen LogP contribution is 2.14. The van der Waals surface area contributed by atoms with Gasteiger partial charge in [0, 0.05) is 12.2 Å². The number of nitrogens with zero attached hydrogens (tertiary/aromatic N) is 2. The van der Waals surface area contributed by atoms with Gasteiger partial charge >= 0.3 is 0 Å². The molecule has 0 heterocycles. The highest BCUT2D eigenvalue weighted by atomic mass is 15.5. The summed E-state index contributed by atoms with van der Waals surface area (Å²) in [5.74, 6) is 0. The molecule has 0 unspecified atom stereocenters. The van der Waals surface area contributed by atoms with Crippen molar-refractivity contribution in [2.24, 2.45) is 5.10 Å². The van der Waals surface area contributed by atoms with E-state index in [0.717, 1.165) is 43.6 Å². The zero-order valence-corrected chi connectivity index (χ0v) is 16.7. The van der Waals surface area contributed by atoms with Crippen molar-refractivity contribution < 1.29 is 0 Å². The van der Waals surface area contributed by atoms with Gasteiger partial charge in [0.1, 0.15) is 0 Å². The van der Waals surface area contributed by atoms with Crippen molar-refractivity contribution in [1.82, 2.24) is 5.01 Å². The monoisotopic (exact) mass is 338 g/mol.